The molecule has 0 heteroatoms. The van der Waals surface area contributed by atoms with Crippen LogP contribution in [0.1, 0.15) is 12.5 Å². The molecule has 0 heterocycles. The second kappa shape index (κ2) is 2.51. The van der Waals surface area contributed by atoms with Gasteiger partial charge in [-0.15, -0.1) is 0 Å². The molecule has 0 spiro atoms. The molecule has 0 unspecified atom stereocenters. The van der Waals surface area contributed by atoms with Crippen LogP contribution in [0.15, 0.2) is 30.3 Å². The summed E-state index contributed by atoms with van der Waals surface area (Å²) in [6.45, 7) is 2.16. The molecule has 8 heavy (non-hydrogen) atoms. The maximum atomic E-state index is 2.16. The van der Waals surface area contributed by atoms with Gasteiger partial charge in [0.1, 0.15) is 0 Å². The van der Waals surface area contributed by atoms with Gasteiger partial charge in [-0.2, -0.15) is 0 Å². The van der Waals surface area contributed by atoms with Crippen LogP contribution in [0.25, 0.3) is 0 Å². The first-order chi connectivity index (χ1) is 3.93. The molecule has 1 aromatic carbocycles. The van der Waals surface area contributed by atoms with E-state index in [4.69, 9.17) is 0 Å². The number of hydrogen-bond donors (Lipinski definition) is 0. The molecule has 0 aliphatic carbocycles. The Hall–Kier alpha value is -0.780. The molecule has 0 nitrogen and oxygen atoms in total. The normalized spacial score (nSPS) is 9.12. The molecule has 42 valence electrons. The third-order valence-corrected chi connectivity index (χ3v) is 1.25. The molecule has 1 rings (SSSR count). The highest BCUT2D eigenvalue weighted by Gasteiger charge is 1.79. The fraction of sp³-hybridized carbons (Fsp3) is 0.250. The summed E-state index contributed by atoms with van der Waals surface area (Å²) in [5, 5.41) is 0. The molecule has 0 aliphatic heterocycles. The van der Waals surface area contributed by atoms with Crippen molar-refractivity contribution < 1.29 is 0 Å². The molecule has 0 N–H and O–H groups in total. The van der Waals surface area contributed by atoms with E-state index >= 15 is 0 Å². The van der Waals surface area contributed by atoms with Crippen molar-refractivity contribution in [3.05, 3.63) is 35.9 Å². The van der Waals surface area contributed by atoms with Crippen molar-refractivity contribution in [1.82, 2.24) is 0 Å². The van der Waals surface area contributed by atoms with Crippen LogP contribution in [0.2, 0.25) is 0 Å². The van der Waals surface area contributed by atoms with Gasteiger partial charge >= 0.3 is 0 Å². The smallest absolute Gasteiger partial charge is 0.0307 e. The van der Waals surface area contributed by atoms with Gasteiger partial charge in [0.05, 0.1) is 0 Å². The highest BCUT2D eigenvalue weighted by atomic mass is 13.8. The lowest BCUT2D eigenvalue weighted by molar-refractivity contribution is 1.14. The van der Waals surface area contributed by atoms with Gasteiger partial charge in [-0.05, 0) is 12.0 Å². The van der Waals surface area contributed by atoms with Gasteiger partial charge in [0.25, 0.3) is 0 Å². The van der Waals surface area contributed by atoms with Crippen molar-refractivity contribution in [2.75, 3.05) is 0 Å². The molecule has 0 saturated carbocycles. The summed E-state index contributed by atoms with van der Waals surface area (Å²) in [6, 6.07) is 10.5. The first kappa shape index (κ1) is 5.36. The van der Waals surface area contributed by atoms with Crippen LogP contribution < -0.4 is 0 Å². The third kappa shape index (κ3) is 1.09. The van der Waals surface area contributed by atoms with E-state index in [1.807, 2.05) is 6.07 Å². The van der Waals surface area contributed by atoms with Crippen LogP contribution in [-0.4, -0.2) is 0 Å². The van der Waals surface area contributed by atoms with Crippen LogP contribution >= 0.6 is 0 Å². The quantitative estimate of drug-likeness (QED) is 0.503. The molecule has 0 fully saturated rings. The van der Waals surface area contributed by atoms with Gasteiger partial charge < -0.3 is 0 Å². The second-order valence-corrected chi connectivity index (χ2v) is 1.84. The number of hydrogen-bond acceptors (Lipinski definition) is 0. The van der Waals surface area contributed by atoms with Crippen LogP contribution in [0.3, 0.4) is 0 Å². The van der Waals surface area contributed by atoms with Crippen molar-refractivity contribution in [3.63, 3.8) is 0 Å². The lowest BCUT2D eigenvalue weighted by Crippen LogP contribution is -1.73. The molecule has 0 saturated heterocycles. The molecular formula is C8H10. The van der Waals surface area contributed by atoms with Crippen LogP contribution in [0.5, 0.6) is 0 Å². The van der Waals surface area contributed by atoms with Gasteiger partial charge in [-0.25, -0.2) is 0 Å². The molecule has 1 aromatic rings. The van der Waals surface area contributed by atoms with E-state index in [0.717, 1.165) is 6.42 Å². The maximum absolute atomic E-state index is 2.16. The van der Waals surface area contributed by atoms with Gasteiger partial charge in [-0.1, -0.05) is 37.3 Å². The highest BCUT2D eigenvalue weighted by molar-refractivity contribution is 5.13. The summed E-state index contributed by atoms with van der Waals surface area (Å²) in [5.41, 5.74) is 1.41. The Labute approximate surface area is 50.2 Å². The minimum atomic E-state index is 1.14. The van der Waals surface area contributed by atoms with Crippen LogP contribution in [-0.2, 0) is 6.42 Å². The predicted molar refractivity (Wildman–Crippen MR) is 35.8 cm³/mol. The SMILES string of the molecule is [2CH3]Cc1ccccc1. The summed E-state index contributed by atoms with van der Waals surface area (Å²) in [4.78, 5) is 0. The number of aryl methyl sites for hydroxylation is 1. The Balaban J connectivity index is 2.83. The summed E-state index contributed by atoms with van der Waals surface area (Å²) in [7, 11) is 0. The van der Waals surface area contributed by atoms with E-state index in [2.05, 4.69) is 31.2 Å². The molecule has 0 bridgehead atoms. The van der Waals surface area contributed by atoms with Crippen molar-refractivity contribution >= 4 is 0 Å². The summed E-state index contributed by atoms with van der Waals surface area (Å²) in [5.74, 6) is 0. The zero-order valence-electron chi connectivity index (χ0n) is 5.09. The van der Waals surface area contributed by atoms with Crippen molar-refractivity contribution in [2.45, 2.75) is 13.3 Å². The summed E-state index contributed by atoms with van der Waals surface area (Å²) >= 11 is 0. The van der Waals surface area contributed by atoms with Crippen LogP contribution in [0.4, 0.5) is 0 Å². The van der Waals surface area contributed by atoms with E-state index in [9.17, 15) is 0 Å². The van der Waals surface area contributed by atoms with E-state index in [1.54, 1.807) is 0 Å². The highest BCUT2D eigenvalue weighted by Crippen LogP contribution is 1.96. The molecule has 0 aromatic heterocycles. The lowest BCUT2D eigenvalue weighted by atomic mass is 1.90. The fourth-order valence-electron chi connectivity index (χ4n) is 0.714. The number of benzene rings is 1. The third-order valence-electron chi connectivity index (χ3n) is 1.25. The molecule has 0 amide bonds. The average molecular weight is 96.2 g/mol. The lowest BCUT2D eigenvalue weighted by Gasteiger charge is -1.89. The molecular weight excluding hydrogens is 86.1 g/mol. The Morgan fingerprint density at radius 3 is 2.12 bits per heavy atom. The Morgan fingerprint density at radius 2 is 1.75 bits per heavy atom. The molecule has 0 radical (unpaired) electrons. The summed E-state index contributed by atoms with van der Waals surface area (Å²) < 4.78 is 0. The fourth-order valence-corrected chi connectivity index (χ4v) is 0.714. The average Bonchev–Trinajstić information content (AvgIpc) is 1.90. The maximum Gasteiger partial charge on any atom is -0.0307 e. The van der Waals surface area contributed by atoms with E-state index in [-0.39, 0.29) is 0 Å². The van der Waals surface area contributed by atoms with Crippen molar-refractivity contribution in [3.8, 4) is 0 Å². The predicted octanol–water partition coefficient (Wildman–Crippen LogP) is 2.25. The van der Waals surface area contributed by atoms with Crippen molar-refractivity contribution in [2.24, 2.45) is 0 Å². The Morgan fingerprint density at radius 1 is 1.12 bits per heavy atom. The van der Waals surface area contributed by atoms with E-state index < -0.39 is 0 Å². The molecule has 0 aliphatic rings. The zero-order chi connectivity index (χ0) is 5.82. The first-order valence-corrected chi connectivity index (χ1v) is 2.97. The van der Waals surface area contributed by atoms with Gasteiger partial charge in [0.2, 0.25) is 0 Å². The summed E-state index contributed by atoms with van der Waals surface area (Å²) in [6.07, 6.45) is 1.14. The standard InChI is InChI=1S/C8H10/c1-2-8-6-4-3-5-7-8/h3-7H,2H2,1H3/i1-10. The zero-order valence-corrected chi connectivity index (χ0v) is 5.09. The topological polar surface area (TPSA) is 0 Å². The minimum absolute atomic E-state index is 1.14. The van der Waals surface area contributed by atoms with E-state index in [0.29, 0.717) is 0 Å². The van der Waals surface area contributed by atoms with Gasteiger partial charge in [0.15, 0.2) is 0 Å². The van der Waals surface area contributed by atoms with Gasteiger partial charge in [0, 0.05) is 0 Å². The monoisotopic (exact) mass is 96.1 g/mol. The van der Waals surface area contributed by atoms with Gasteiger partial charge in [-0.3, -0.25) is 0 Å². The largest absolute Gasteiger partial charge is 0.0622 e. The van der Waals surface area contributed by atoms with Crippen LogP contribution in [0, 0.1) is 0 Å². The first-order valence-electron chi connectivity index (χ1n) is 2.97. The van der Waals surface area contributed by atoms with Crippen molar-refractivity contribution in [1.29, 1.82) is 0 Å². The molecule has 0 atom stereocenters. The van der Waals surface area contributed by atoms with E-state index in [1.165, 1.54) is 5.56 Å². The second-order valence-electron chi connectivity index (χ2n) is 1.84. The Kier molecular flexibility index (Phi) is 1.68. The number of rotatable bonds is 1. The Bertz CT molecular complexity index is 141. The minimum Gasteiger partial charge on any atom is -0.0622 e.